The molecule has 2 heterocycles. The summed E-state index contributed by atoms with van der Waals surface area (Å²) in [4.78, 5) is 14.5. The molecule has 2 aliphatic rings. The average Bonchev–Trinajstić information content (AvgIpc) is 2.89. The molecule has 0 unspecified atom stereocenters. The third-order valence-corrected chi connectivity index (χ3v) is 4.31. The number of hydrogen-bond acceptors (Lipinski definition) is 3. The fraction of sp³-hybridized carbons (Fsp3) is 0.588. The zero-order valence-electron chi connectivity index (χ0n) is 13.1. The van der Waals surface area contributed by atoms with E-state index in [0.29, 0.717) is 13.2 Å². The largest absolute Gasteiger partial charge is 0.366 e. The Morgan fingerprint density at radius 1 is 1.38 bits per heavy atom. The highest BCUT2D eigenvalue weighted by atomic mass is 16.5. The lowest BCUT2D eigenvalue weighted by molar-refractivity contribution is -0.131. The van der Waals surface area contributed by atoms with Gasteiger partial charge in [-0.25, -0.2) is 0 Å². The van der Waals surface area contributed by atoms with Gasteiger partial charge in [-0.1, -0.05) is 32.9 Å². The maximum Gasteiger partial charge on any atom is 0.257 e. The molecular weight excluding hydrogens is 264 g/mol. The van der Waals surface area contributed by atoms with Crippen LogP contribution in [0.15, 0.2) is 18.2 Å². The molecule has 0 aromatic heterocycles. The van der Waals surface area contributed by atoms with Crippen molar-refractivity contribution in [3.8, 4) is 0 Å². The minimum atomic E-state index is -0.341. The van der Waals surface area contributed by atoms with Crippen molar-refractivity contribution in [2.45, 2.75) is 38.7 Å². The quantitative estimate of drug-likeness (QED) is 0.857. The van der Waals surface area contributed by atoms with Crippen LogP contribution >= 0.6 is 0 Å². The van der Waals surface area contributed by atoms with E-state index in [2.05, 4.69) is 44.3 Å². The Kier molecular flexibility index (Phi) is 3.76. The number of morpholine rings is 1. The van der Waals surface area contributed by atoms with Gasteiger partial charge in [0.25, 0.3) is 5.91 Å². The van der Waals surface area contributed by atoms with Crippen LogP contribution in [0.4, 0.5) is 5.69 Å². The molecule has 0 bridgehead atoms. The molecule has 1 amide bonds. The Bertz CT molecular complexity index is 542. The van der Waals surface area contributed by atoms with E-state index in [9.17, 15) is 4.79 Å². The Morgan fingerprint density at radius 2 is 2.19 bits per heavy atom. The second-order valence-corrected chi connectivity index (χ2v) is 6.90. The highest BCUT2D eigenvalue weighted by Crippen LogP contribution is 2.33. The van der Waals surface area contributed by atoms with E-state index >= 15 is 0 Å². The van der Waals surface area contributed by atoms with Crippen molar-refractivity contribution in [2.75, 3.05) is 31.1 Å². The molecule has 1 fully saturated rings. The third-order valence-electron chi connectivity index (χ3n) is 4.31. The van der Waals surface area contributed by atoms with Crippen LogP contribution < -0.4 is 10.2 Å². The fourth-order valence-corrected chi connectivity index (χ4v) is 3.00. The number of carbonyl (C=O) groups excluding carboxylic acids is 1. The molecule has 4 heteroatoms. The number of anilines is 1. The highest BCUT2D eigenvalue weighted by molar-refractivity contribution is 5.98. The van der Waals surface area contributed by atoms with Crippen LogP contribution in [0, 0.1) is 0 Å². The van der Waals surface area contributed by atoms with E-state index < -0.39 is 0 Å². The van der Waals surface area contributed by atoms with E-state index in [0.717, 1.165) is 25.2 Å². The molecule has 0 radical (unpaired) electrons. The summed E-state index contributed by atoms with van der Waals surface area (Å²) in [5.74, 6) is 0.0875. The Morgan fingerprint density at radius 3 is 2.86 bits per heavy atom. The van der Waals surface area contributed by atoms with Crippen molar-refractivity contribution in [3.63, 3.8) is 0 Å². The van der Waals surface area contributed by atoms with E-state index in [1.165, 1.54) is 11.1 Å². The SMILES string of the molecule is CC(C)(C)c1ccc2c(c1)CCN2C(=O)[C@H]1CNCCO1. The van der Waals surface area contributed by atoms with Gasteiger partial charge in [0, 0.05) is 25.3 Å². The zero-order chi connectivity index (χ0) is 15.0. The second kappa shape index (κ2) is 5.43. The van der Waals surface area contributed by atoms with Gasteiger partial charge < -0.3 is 15.0 Å². The summed E-state index contributed by atoms with van der Waals surface area (Å²) in [6, 6.07) is 6.49. The van der Waals surface area contributed by atoms with E-state index in [4.69, 9.17) is 4.74 Å². The first-order chi connectivity index (χ1) is 9.97. The fourth-order valence-electron chi connectivity index (χ4n) is 3.00. The lowest BCUT2D eigenvalue weighted by Gasteiger charge is -2.28. The van der Waals surface area contributed by atoms with Crippen molar-refractivity contribution in [1.29, 1.82) is 0 Å². The molecule has 2 aliphatic heterocycles. The molecule has 1 atom stereocenters. The number of rotatable bonds is 1. The summed E-state index contributed by atoms with van der Waals surface area (Å²) in [5, 5.41) is 3.22. The van der Waals surface area contributed by atoms with Crippen LogP contribution in [0.5, 0.6) is 0 Å². The lowest BCUT2D eigenvalue weighted by Crippen LogP contribution is -2.49. The Labute approximate surface area is 126 Å². The highest BCUT2D eigenvalue weighted by Gasteiger charge is 2.32. The molecule has 114 valence electrons. The number of benzene rings is 1. The second-order valence-electron chi connectivity index (χ2n) is 6.90. The molecule has 1 N–H and O–H groups in total. The van der Waals surface area contributed by atoms with Crippen LogP contribution in [0.3, 0.4) is 0 Å². The summed E-state index contributed by atoms with van der Waals surface area (Å²) in [7, 11) is 0. The summed E-state index contributed by atoms with van der Waals surface area (Å²) in [5.41, 5.74) is 3.80. The monoisotopic (exact) mass is 288 g/mol. The predicted molar refractivity (Wildman–Crippen MR) is 83.8 cm³/mol. The summed E-state index contributed by atoms with van der Waals surface area (Å²) < 4.78 is 5.59. The van der Waals surface area contributed by atoms with Gasteiger partial charge in [-0.2, -0.15) is 0 Å². The summed E-state index contributed by atoms with van der Waals surface area (Å²) in [6.45, 7) is 9.47. The summed E-state index contributed by atoms with van der Waals surface area (Å²) in [6.07, 6.45) is 0.595. The van der Waals surface area contributed by atoms with Gasteiger partial charge >= 0.3 is 0 Å². The molecule has 1 aromatic rings. The van der Waals surface area contributed by atoms with Crippen LogP contribution in [0.2, 0.25) is 0 Å². The number of nitrogens with one attached hydrogen (secondary N) is 1. The van der Waals surface area contributed by atoms with Crippen molar-refractivity contribution in [1.82, 2.24) is 5.32 Å². The molecule has 1 saturated heterocycles. The first-order valence-electron chi connectivity index (χ1n) is 7.74. The minimum Gasteiger partial charge on any atom is -0.366 e. The topological polar surface area (TPSA) is 41.6 Å². The molecule has 0 spiro atoms. The lowest BCUT2D eigenvalue weighted by atomic mass is 9.86. The van der Waals surface area contributed by atoms with Crippen molar-refractivity contribution in [3.05, 3.63) is 29.3 Å². The van der Waals surface area contributed by atoms with Crippen molar-refractivity contribution in [2.24, 2.45) is 0 Å². The van der Waals surface area contributed by atoms with Crippen LogP contribution in [-0.2, 0) is 21.4 Å². The molecular formula is C17H24N2O2. The molecule has 0 saturated carbocycles. The standard InChI is InChI=1S/C17H24N2O2/c1-17(2,3)13-4-5-14-12(10-13)6-8-19(14)16(20)15-11-18-7-9-21-15/h4-5,10,15,18H,6-9,11H2,1-3H3/t15-/m1/s1. The predicted octanol–water partition coefficient (Wildman–Crippen LogP) is 1.86. The number of amides is 1. The smallest absolute Gasteiger partial charge is 0.257 e. The summed E-state index contributed by atoms with van der Waals surface area (Å²) >= 11 is 0. The van der Waals surface area contributed by atoms with Crippen molar-refractivity contribution >= 4 is 11.6 Å². The maximum absolute atomic E-state index is 12.6. The number of nitrogens with zero attached hydrogens (tertiary/aromatic N) is 1. The molecule has 21 heavy (non-hydrogen) atoms. The van der Waals surface area contributed by atoms with Gasteiger partial charge in [0.2, 0.25) is 0 Å². The first-order valence-corrected chi connectivity index (χ1v) is 7.74. The van der Waals surface area contributed by atoms with Crippen LogP contribution in [0.1, 0.15) is 31.9 Å². The number of carbonyl (C=O) groups is 1. The maximum atomic E-state index is 12.6. The van der Waals surface area contributed by atoms with Gasteiger partial charge in [0.1, 0.15) is 6.10 Å². The van der Waals surface area contributed by atoms with Crippen LogP contribution in [-0.4, -0.2) is 38.3 Å². The van der Waals surface area contributed by atoms with Crippen LogP contribution in [0.25, 0.3) is 0 Å². The van der Waals surface area contributed by atoms with Gasteiger partial charge in [-0.05, 0) is 29.0 Å². The number of hydrogen-bond donors (Lipinski definition) is 1. The minimum absolute atomic E-state index is 0.0875. The third kappa shape index (κ3) is 2.83. The van der Waals surface area contributed by atoms with Gasteiger partial charge in [-0.3, -0.25) is 4.79 Å². The zero-order valence-corrected chi connectivity index (χ0v) is 13.1. The van der Waals surface area contributed by atoms with E-state index in [1.807, 2.05) is 4.90 Å². The van der Waals surface area contributed by atoms with E-state index in [1.54, 1.807) is 0 Å². The number of fused-ring (bicyclic) bond motifs is 1. The Balaban J connectivity index is 1.82. The average molecular weight is 288 g/mol. The van der Waals surface area contributed by atoms with Crippen molar-refractivity contribution < 1.29 is 9.53 Å². The Hall–Kier alpha value is -1.39. The molecule has 0 aliphatic carbocycles. The normalized spacial score (nSPS) is 22.2. The van der Waals surface area contributed by atoms with Gasteiger partial charge in [0.05, 0.1) is 6.61 Å². The molecule has 4 nitrogen and oxygen atoms in total. The first kappa shape index (κ1) is 14.5. The number of ether oxygens (including phenoxy) is 1. The molecule has 3 rings (SSSR count). The van der Waals surface area contributed by atoms with E-state index in [-0.39, 0.29) is 17.4 Å². The van der Waals surface area contributed by atoms with Gasteiger partial charge in [-0.15, -0.1) is 0 Å². The van der Waals surface area contributed by atoms with Gasteiger partial charge in [0.15, 0.2) is 0 Å². The molecule has 1 aromatic carbocycles.